The molecular formula is C25H25F2N5Pt. The van der Waals surface area contributed by atoms with Crippen LogP contribution in [-0.4, -0.2) is 22.1 Å². The van der Waals surface area contributed by atoms with Crippen molar-refractivity contribution in [3.63, 3.8) is 0 Å². The maximum absolute atomic E-state index is 14.2. The van der Waals surface area contributed by atoms with E-state index in [4.69, 9.17) is 5.41 Å². The molecule has 3 rings (SSSR count). The maximum Gasteiger partial charge on any atom is 2.00 e. The minimum atomic E-state index is -0.715. The number of nitrogens with zero attached hydrogens (tertiary/aromatic N) is 3. The maximum atomic E-state index is 14.2. The molecule has 0 saturated heterocycles. The number of aromatic nitrogens is 2. The zero-order chi connectivity index (χ0) is 23.5. The largest absolute Gasteiger partial charge is 2.00 e. The van der Waals surface area contributed by atoms with Gasteiger partial charge in [0.1, 0.15) is 0 Å². The van der Waals surface area contributed by atoms with Crippen LogP contribution in [0, 0.1) is 28.5 Å². The molecule has 0 aliphatic heterocycles. The summed E-state index contributed by atoms with van der Waals surface area (Å²) in [6, 6.07) is 15.3. The van der Waals surface area contributed by atoms with Gasteiger partial charge < -0.3 is 20.7 Å². The summed E-state index contributed by atoms with van der Waals surface area (Å²) in [6.45, 7) is 9.63. The average molecular weight is 629 g/mol. The molecule has 0 radical (unpaired) electrons. The molecule has 0 fully saturated rings. The Kier molecular flexibility index (Phi) is 8.36. The summed E-state index contributed by atoms with van der Waals surface area (Å²) in [5.41, 5.74) is 0.888. The SMILES string of the molecule is CC(C)(C)C(=N)N=[C-]Nc1cccc(C(C)(C)c2cccc(-c3[c-]cc(F)cc3F)n2)n1.[Pt+2]. The number of nitrogens with one attached hydrogen (secondary N) is 2. The Labute approximate surface area is 207 Å². The summed E-state index contributed by atoms with van der Waals surface area (Å²) in [6.07, 6.45) is 2.66. The first kappa shape index (κ1) is 26.5. The van der Waals surface area contributed by atoms with Gasteiger partial charge in [0.2, 0.25) is 0 Å². The van der Waals surface area contributed by atoms with Gasteiger partial charge in [-0.3, -0.25) is 13.8 Å². The van der Waals surface area contributed by atoms with Crippen molar-refractivity contribution in [3.05, 3.63) is 77.6 Å². The van der Waals surface area contributed by atoms with E-state index in [1.807, 2.05) is 52.8 Å². The van der Waals surface area contributed by atoms with Gasteiger partial charge in [-0.1, -0.05) is 56.7 Å². The summed E-state index contributed by atoms with van der Waals surface area (Å²) < 4.78 is 27.5. The topological polar surface area (TPSA) is 74.0 Å². The molecule has 174 valence electrons. The van der Waals surface area contributed by atoms with Crippen molar-refractivity contribution in [1.29, 1.82) is 5.41 Å². The molecule has 0 bridgehead atoms. The van der Waals surface area contributed by atoms with Crippen molar-refractivity contribution >= 4 is 18.0 Å². The minimum absolute atomic E-state index is 0. The van der Waals surface area contributed by atoms with E-state index in [0.29, 0.717) is 17.2 Å². The predicted molar refractivity (Wildman–Crippen MR) is 123 cm³/mol. The molecular weight excluding hydrogens is 603 g/mol. The van der Waals surface area contributed by atoms with E-state index in [9.17, 15) is 8.78 Å². The fraction of sp³-hybridized carbons (Fsp3) is 0.280. The van der Waals surface area contributed by atoms with E-state index in [2.05, 4.69) is 32.7 Å². The Hall–Kier alpha value is -2.79. The fourth-order valence-electron chi connectivity index (χ4n) is 2.86. The molecule has 0 saturated carbocycles. The molecule has 0 aliphatic carbocycles. The van der Waals surface area contributed by atoms with Gasteiger partial charge in [0.05, 0.1) is 0 Å². The second kappa shape index (κ2) is 10.4. The van der Waals surface area contributed by atoms with Crippen LogP contribution in [0.2, 0.25) is 0 Å². The number of anilines is 1. The number of rotatable bonds is 5. The van der Waals surface area contributed by atoms with Gasteiger partial charge in [0.25, 0.3) is 0 Å². The fourth-order valence-corrected chi connectivity index (χ4v) is 2.86. The Morgan fingerprint density at radius 1 is 1.03 bits per heavy atom. The smallest absolute Gasteiger partial charge is 0.437 e. The number of hydrogen-bond donors (Lipinski definition) is 2. The first-order valence-corrected chi connectivity index (χ1v) is 10.1. The van der Waals surface area contributed by atoms with Crippen LogP contribution in [0.15, 0.2) is 53.5 Å². The van der Waals surface area contributed by atoms with Crippen molar-refractivity contribution in [1.82, 2.24) is 9.97 Å². The normalized spacial score (nSPS) is 11.8. The molecule has 33 heavy (non-hydrogen) atoms. The number of benzene rings is 1. The number of amidine groups is 1. The monoisotopic (exact) mass is 628 g/mol. The van der Waals surface area contributed by atoms with Crippen LogP contribution in [-0.2, 0) is 26.5 Å². The van der Waals surface area contributed by atoms with Gasteiger partial charge in [-0.25, -0.2) is 0 Å². The van der Waals surface area contributed by atoms with Crippen molar-refractivity contribution in [2.24, 2.45) is 10.4 Å². The first-order chi connectivity index (χ1) is 15.0. The quantitative estimate of drug-likeness (QED) is 0.160. The van der Waals surface area contributed by atoms with Crippen LogP contribution in [0.4, 0.5) is 14.6 Å². The molecule has 0 atom stereocenters. The summed E-state index contributed by atoms with van der Waals surface area (Å²) in [4.78, 5) is 13.2. The van der Waals surface area contributed by atoms with Crippen LogP contribution in [0.25, 0.3) is 11.3 Å². The Morgan fingerprint density at radius 3 is 2.30 bits per heavy atom. The van der Waals surface area contributed by atoms with Gasteiger partial charge >= 0.3 is 21.1 Å². The van der Waals surface area contributed by atoms with Crippen molar-refractivity contribution in [3.8, 4) is 11.3 Å². The number of halogens is 2. The van der Waals surface area contributed by atoms with Gasteiger partial charge in [-0.2, -0.15) is 0 Å². The Morgan fingerprint density at radius 2 is 1.67 bits per heavy atom. The zero-order valence-corrected chi connectivity index (χ0v) is 21.3. The van der Waals surface area contributed by atoms with Gasteiger partial charge in [-0.05, 0) is 37.1 Å². The molecule has 0 amide bonds. The van der Waals surface area contributed by atoms with Gasteiger partial charge in [-0.15, -0.1) is 12.1 Å². The molecule has 3 aromatic rings. The van der Waals surface area contributed by atoms with Crippen molar-refractivity contribution in [2.45, 2.75) is 40.0 Å². The molecule has 0 spiro atoms. The molecule has 2 aromatic heterocycles. The van der Waals surface area contributed by atoms with E-state index in [-0.39, 0.29) is 37.9 Å². The van der Waals surface area contributed by atoms with Crippen LogP contribution in [0.1, 0.15) is 46.0 Å². The van der Waals surface area contributed by atoms with Crippen LogP contribution in [0.3, 0.4) is 0 Å². The third-order valence-electron chi connectivity index (χ3n) is 4.95. The summed E-state index contributed by atoms with van der Waals surface area (Å²) in [5, 5.41) is 10.8. The van der Waals surface area contributed by atoms with Gasteiger partial charge in [0.15, 0.2) is 0 Å². The third-order valence-corrected chi connectivity index (χ3v) is 4.95. The third kappa shape index (κ3) is 6.38. The molecule has 0 unspecified atom stereocenters. The van der Waals surface area contributed by atoms with E-state index in [1.165, 1.54) is 0 Å². The van der Waals surface area contributed by atoms with Crippen LogP contribution >= 0.6 is 0 Å². The predicted octanol–water partition coefficient (Wildman–Crippen LogP) is 5.89. The standard InChI is InChI=1S/C25H25F2N5.Pt/c1-24(2,3)23(28)30-15-29-22-11-7-10-21(32-22)25(4,5)20-9-6-8-19(31-20)17-13-12-16(26)14-18(17)27;/h6-12,14H,1-5H3,(H2,28,29,30,32);/q-2;+2. The molecule has 0 aliphatic rings. The number of aliphatic imine (C=N–C) groups is 1. The van der Waals surface area contributed by atoms with E-state index >= 15 is 0 Å². The van der Waals surface area contributed by atoms with E-state index in [1.54, 1.807) is 18.2 Å². The Balaban J connectivity index is 0.00000385. The van der Waals surface area contributed by atoms with E-state index in [0.717, 1.165) is 17.8 Å². The molecule has 8 heteroatoms. The second-order valence-corrected chi connectivity index (χ2v) is 8.93. The second-order valence-electron chi connectivity index (χ2n) is 8.93. The summed E-state index contributed by atoms with van der Waals surface area (Å²) in [5.74, 6) is -0.677. The zero-order valence-electron chi connectivity index (χ0n) is 19.0. The number of pyridine rings is 2. The van der Waals surface area contributed by atoms with Crippen molar-refractivity contribution < 1.29 is 29.8 Å². The minimum Gasteiger partial charge on any atom is -0.437 e. The van der Waals surface area contributed by atoms with Crippen molar-refractivity contribution in [2.75, 3.05) is 5.32 Å². The summed E-state index contributed by atoms with van der Waals surface area (Å²) >= 11 is 0. The average Bonchev–Trinajstić information content (AvgIpc) is 2.73. The first-order valence-electron chi connectivity index (χ1n) is 10.1. The molecule has 2 heterocycles. The van der Waals surface area contributed by atoms with Crippen LogP contribution < -0.4 is 5.32 Å². The number of hydrogen-bond acceptors (Lipinski definition) is 3. The van der Waals surface area contributed by atoms with Crippen LogP contribution in [0.5, 0.6) is 0 Å². The summed E-state index contributed by atoms with van der Waals surface area (Å²) in [7, 11) is 0. The van der Waals surface area contributed by atoms with E-state index < -0.39 is 17.0 Å². The Bertz CT molecular complexity index is 1170. The molecule has 1 aromatic carbocycles. The molecule has 5 nitrogen and oxygen atoms in total. The molecule has 2 N–H and O–H groups in total. The van der Waals surface area contributed by atoms with Gasteiger partial charge in [0, 0.05) is 46.4 Å².